The summed E-state index contributed by atoms with van der Waals surface area (Å²) in [5.74, 6) is 0.355. The van der Waals surface area contributed by atoms with Crippen molar-refractivity contribution in [1.29, 1.82) is 0 Å². The van der Waals surface area contributed by atoms with Crippen molar-refractivity contribution >= 4 is 17.6 Å². The molecule has 1 fully saturated rings. The van der Waals surface area contributed by atoms with Gasteiger partial charge in [0.1, 0.15) is 5.75 Å². The van der Waals surface area contributed by atoms with Gasteiger partial charge in [-0.15, -0.1) is 0 Å². The normalized spacial score (nSPS) is 13.3. The monoisotopic (exact) mass is 510 g/mol. The molecule has 1 aliphatic heterocycles. The van der Waals surface area contributed by atoms with E-state index < -0.39 is 5.97 Å². The average Bonchev–Trinajstić information content (AvgIpc) is 3.43. The molecule has 3 aromatic carbocycles. The molecule has 0 aliphatic carbocycles. The maximum atomic E-state index is 12.8. The van der Waals surface area contributed by atoms with Gasteiger partial charge in [-0.3, -0.25) is 4.79 Å². The van der Waals surface area contributed by atoms with Crippen molar-refractivity contribution in [3.8, 4) is 22.7 Å². The van der Waals surface area contributed by atoms with E-state index >= 15 is 0 Å². The van der Waals surface area contributed by atoms with Crippen LogP contribution in [0.25, 0.3) is 16.9 Å². The van der Waals surface area contributed by atoms with Gasteiger partial charge >= 0.3 is 5.97 Å². The van der Waals surface area contributed by atoms with E-state index in [9.17, 15) is 9.59 Å². The second-order valence-corrected chi connectivity index (χ2v) is 8.94. The van der Waals surface area contributed by atoms with Crippen LogP contribution in [0.1, 0.15) is 27.8 Å². The number of aromatic nitrogens is 2. The Morgan fingerprint density at radius 3 is 2.13 bits per heavy atom. The van der Waals surface area contributed by atoms with Crippen LogP contribution >= 0.6 is 0 Å². The van der Waals surface area contributed by atoms with Crippen LogP contribution in [0, 0.1) is 0 Å². The number of amides is 1. The molecule has 8 heteroatoms. The molecule has 4 aromatic rings. The molecule has 38 heavy (non-hydrogen) atoms. The van der Waals surface area contributed by atoms with Crippen LogP contribution in [-0.2, 0) is 4.74 Å². The summed E-state index contributed by atoms with van der Waals surface area (Å²) in [6, 6.07) is 26.9. The zero-order chi connectivity index (χ0) is 26.5. The number of ether oxygens (including phenoxy) is 2. The molecule has 194 valence electrons. The van der Waals surface area contributed by atoms with E-state index in [1.807, 2.05) is 71.6 Å². The largest absolute Gasteiger partial charge is 0.497 e. The molecule has 0 saturated carbocycles. The molecule has 0 N–H and O–H groups in total. The Kier molecular flexibility index (Phi) is 7.40. The Bertz CT molecular complexity index is 1390. The Morgan fingerprint density at radius 2 is 1.50 bits per heavy atom. The zero-order valence-corrected chi connectivity index (χ0v) is 21.5. The highest BCUT2D eigenvalue weighted by Gasteiger charge is 2.23. The standard InChI is InChI=1S/C30H30N4O4/c1-3-38-30(36)27-21-28(34(31-27)25-13-15-26(37-2)16-14-25)22-9-11-24(12-10-22)32-17-19-33(20-18-32)29(35)23-7-5-4-6-8-23/h4-16,21H,3,17-20H2,1-2H3. The Balaban J connectivity index is 1.34. The molecule has 0 bridgehead atoms. The van der Waals surface area contributed by atoms with Gasteiger partial charge in [0.25, 0.3) is 5.91 Å². The smallest absolute Gasteiger partial charge is 0.358 e. The quantitative estimate of drug-likeness (QED) is 0.336. The summed E-state index contributed by atoms with van der Waals surface area (Å²) >= 11 is 0. The number of hydrogen-bond acceptors (Lipinski definition) is 6. The zero-order valence-electron chi connectivity index (χ0n) is 21.5. The molecule has 0 atom stereocenters. The Morgan fingerprint density at radius 1 is 0.842 bits per heavy atom. The first-order valence-corrected chi connectivity index (χ1v) is 12.7. The SMILES string of the molecule is CCOC(=O)c1cc(-c2ccc(N3CCN(C(=O)c4ccccc4)CC3)cc2)n(-c2ccc(OC)cc2)n1. The van der Waals surface area contributed by atoms with Crippen molar-refractivity contribution in [2.75, 3.05) is 44.8 Å². The fourth-order valence-electron chi connectivity index (χ4n) is 4.59. The second kappa shape index (κ2) is 11.2. The first-order chi connectivity index (χ1) is 18.6. The van der Waals surface area contributed by atoms with Gasteiger partial charge in [-0.2, -0.15) is 5.10 Å². The molecule has 1 saturated heterocycles. The number of esters is 1. The fourth-order valence-corrected chi connectivity index (χ4v) is 4.59. The molecule has 1 aromatic heterocycles. The van der Waals surface area contributed by atoms with Crippen LogP contribution < -0.4 is 9.64 Å². The minimum Gasteiger partial charge on any atom is -0.497 e. The van der Waals surface area contributed by atoms with Crippen LogP contribution in [0.3, 0.4) is 0 Å². The summed E-state index contributed by atoms with van der Waals surface area (Å²) in [4.78, 5) is 29.4. The van der Waals surface area contributed by atoms with Crippen molar-refractivity contribution in [3.63, 3.8) is 0 Å². The van der Waals surface area contributed by atoms with Gasteiger partial charge < -0.3 is 19.3 Å². The van der Waals surface area contributed by atoms with Crippen molar-refractivity contribution in [2.45, 2.75) is 6.92 Å². The molecule has 1 aliphatic rings. The first kappa shape index (κ1) is 25.1. The number of rotatable bonds is 7. The number of benzene rings is 3. The fraction of sp³-hybridized carbons (Fsp3) is 0.233. The molecular weight excluding hydrogens is 480 g/mol. The summed E-state index contributed by atoms with van der Waals surface area (Å²) in [5, 5.41) is 4.55. The van der Waals surface area contributed by atoms with Crippen LogP contribution in [0.2, 0.25) is 0 Å². The number of piperazine rings is 1. The number of hydrogen-bond donors (Lipinski definition) is 0. The van der Waals surface area contributed by atoms with Gasteiger partial charge in [-0.1, -0.05) is 30.3 Å². The maximum absolute atomic E-state index is 12.8. The molecular formula is C30H30N4O4. The minimum atomic E-state index is -0.458. The summed E-state index contributed by atoms with van der Waals surface area (Å²) in [6.45, 7) is 4.91. The van der Waals surface area contributed by atoms with Crippen LogP contribution in [-0.4, -0.2) is 66.5 Å². The molecule has 8 nitrogen and oxygen atoms in total. The van der Waals surface area contributed by atoms with E-state index in [2.05, 4.69) is 22.1 Å². The summed E-state index contributed by atoms with van der Waals surface area (Å²) in [6.07, 6.45) is 0. The van der Waals surface area contributed by atoms with Gasteiger partial charge in [0.15, 0.2) is 5.69 Å². The van der Waals surface area contributed by atoms with E-state index in [1.54, 1.807) is 24.8 Å². The predicted molar refractivity (Wildman–Crippen MR) is 146 cm³/mol. The molecule has 0 radical (unpaired) electrons. The highest BCUT2D eigenvalue weighted by atomic mass is 16.5. The predicted octanol–water partition coefficient (Wildman–Crippen LogP) is 4.69. The molecule has 0 spiro atoms. The Hall–Kier alpha value is -4.59. The van der Waals surface area contributed by atoms with Crippen LogP contribution in [0.15, 0.2) is 84.9 Å². The van der Waals surface area contributed by atoms with Gasteiger partial charge in [0.05, 0.1) is 25.1 Å². The van der Waals surface area contributed by atoms with Gasteiger partial charge in [0, 0.05) is 43.0 Å². The Labute approximate surface area is 222 Å². The van der Waals surface area contributed by atoms with Crippen LogP contribution in [0.4, 0.5) is 5.69 Å². The number of carbonyl (C=O) groups is 2. The molecule has 5 rings (SSSR count). The summed E-state index contributed by atoms with van der Waals surface area (Å²) in [7, 11) is 1.62. The van der Waals surface area contributed by atoms with Crippen molar-refractivity contribution in [2.24, 2.45) is 0 Å². The van der Waals surface area contributed by atoms with E-state index in [0.29, 0.717) is 13.1 Å². The minimum absolute atomic E-state index is 0.0739. The molecule has 2 heterocycles. The maximum Gasteiger partial charge on any atom is 0.358 e. The number of carbonyl (C=O) groups excluding carboxylic acids is 2. The third-order valence-electron chi connectivity index (χ3n) is 6.63. The van der Waals surface area contributed by atoms with Gasteiger partial charge in [-0.25, -0.2) is 9.48 Å². The third-order valence-corrected chi connectivity index (χ3v) is 6.63. The number of nitrogens with zero attached hydrogens (tertiary/aromatic N) is 4. The number of methoxy groups -OCH3 is 1. The highest BCUT2D eigenvalue weighted by Crippen LogP contribution is 2.28. The van der Waals surface area contributed by atoms with E-state index in [4.69, 9.17) is 9.47 Å². The highest BCUT2D eigenvalue weighted by molar-refractivity contribution is 5.94. The van der Waals surface area contributed by atoms with Crippen molar-refractivity contribution in [1.82, 2.24) is 14.7 Å². The van der Waals surface area contributed by atoms with E-state index in [-0.39, 0.29) is 18.2 Å². The lowest BCUT2D eigenvalue weighted by Gasteiger charge is -2.36. The third kappa shape index (κ3) is 5.25. The average molecular weight is 511 g/mol. The first-order valence-electron chi connectivity index (χ1n) is 12.7. The second-order valence-electron chi connectivity index (χ2n) is 8.94. The summed E-state index contributed by atoms with van der Waals surface area (Å²) < 4.78 is 12.2. The lowest BCUT2D eigenvalue weighted by molar-refractivity contribution is 0.0518. The van der Waals surface area contributed by atoms with E-state index in [1.165, 1.54) is 0 Å². The number of anilines is 1. The van der Waals surface area contributed by atoms with E-state index in [0.717, 1.165) is 47.0 Å². The van der Waals surface area contributed by atoms with Gasteiger partial charge in [-0.05, 0) is 61.5 Å². The molecule has 1 amide bonds. The summed E-state index contributed by atoms with van der Waals surface area (Å²) in [5.41, 5.74) is 4.57. The lowest BCUT2D eigenvalue weighted by atomic mass is 10.1. The topological polar surface area (TPSA) is 76.9 Å². The van der Waals surface area contributed by atoms with Crippen molar-refractivity contribution in [3.05, 3.63) is 96.2 Å². The lowest BCUT2D eigenvalue weighted by Crippen LogP contribution is -2.48. The molecule has 0 unspecified atom stereocenters. The van der Waals surface area contributed by atoms with Gasteiger partial charge in [0.2, 0.25) is 0 Å². The van der Waals surface area contributed by atoms with Crippen molar-refractivity contribution < 1.29 is 19.1 Å². The van der Waals surface area contributed by atoms with Crippen LogP contribution in [0.5, 0.6) is 5.75 Å².